The van der Waals surface area contributed by atoms with Crippen molar-refractivity contribution in [2.45, 2.75) is 77.0 Å². The van der Waals surface area contributed by atoms with E-state index in [2.05, 4.69) is 44.9 Å². The standard InChI is InChI=1S/3C21H19FN4O2/c3*1-11-20-17(26-21(23)24-11)8-12(9-18(20)27)14-7-6-13(22)10-15(14)16-4-3-5-19(25-16)28-2/h3*3-7,10,12H,8-9H2,1-2H3,(H2,23,24,26)/t2*12-;/m10./s1. The minimum atomic E-state index is -0.367. The highest BCUT2D eigenvalue weighted by Gasteiger charge is 2.34. The number of hydrogen-bond acceptors (Lipinski definition) is 18. The molecule has 0 saturated carbocycles. The van der Waals surface area contributed by atoms with Gasteiger partial charge in [0.05, 0.1) is 89.3 Å². The third kappa shape index (κ3) is 12.1. The van der Waals surface area contributed by atoms with Gasteiger partial charge in [-0.1, -0.05) is 36.4 Å². The summed E-state index contributed by atoms with van der Waals surface area (Å²) in [5.74, 6) is 0.113. The molecule has 3 atom stereocenters. The number of ketones is 3. The number of ether oxygens (including phenoxy) is 3. The van der Waals surface area contributed by atoms with E-state index in [4.69, 9.17) is 31.4 Å². The molecule has 18 nitrogen and oxygen atoms in total. The second-order valence-electron chi connectivity index (χ2n) is 20.4. The van der Waals surface area contributed by atoms with E-state index < -0.39 is 0 Å². The lowest BCUT2D eigenvalue weighted by molar-refractivity contribution is 0.0953. The van der Waals surface area contributed by atoms with Crippen molar-refractivity contribution in [3.8, 4) is 51.4 Å². The zero-order chi connectivity index (χ0) is 59.5. The molecule has 0 bridgehead atoms. The zero-order valence-corrected chi connectivity index (χ0v) is 46.7. The number of halogens is 3. The fourth-order valence-corrected chi connectivity index (χ4v) is 11.4. The summed E-state index contributed by atoms with van der Waals surface area (Å²) in [6.07, 6.45) is 2.46. The van der Waals surface area contributed by atoms with Crippen molar-refractivity contribution in [3.05, 3.63) is 194 Å². The van der Waals surface area contributed by atoms with Gasteiger partial charge in [0.15, 0.2) is 17.3 Å². The van der Waals surface area contributed by atoms with E-state index in [1.807, 2.05) is 0 Å². The second-order valence-corrected chi connectivity index (χ2v) is 20.4. The smallest absolute Gasteiger partial charge is 0.220 e. The lowest BCUT2D eigenvalue weighted by Gasteiger charge is -2.26. The number of Topliss-reactive ketones (excluding diaryl/α,β-unsaturated/α-hetero) is 3. The minimum Gasteiger partial charge on any atom is -0.481 e. The van der Waals surface area contributed by atoms with Crippen molar-refractivity contribution in [2.24, 2.45) is 0 Å². The summed E-state index contributed by atoms with van der Waals surface area (Å²) < 4.78 is 57.7. The quantitative estimate of drug-likeness (QED) is 0.121. The average molecular weight is 1140 g/mol. The van der Waals surface area contributed by atoms with Crippen molar-refractivity contribution < 1.29 is 41.8 Å². The Kier molecular flexibility index (Phi) is 16.5. The normalized spacial score (nSPS) is 16.0. The third-order valence-corrected chi connectivity index (χ3v) is 15.0. The van der Waals surface area contributed by atoms with Crippen LogP contribution in [0.25, 0.3) is 33.8 Å². The highest BCUT2D eigenvalue weighted by Crippen LogP contribution is 2.42. The largest absolute Gasteiger partial charge is 0.481 e. The van der Waals surface area contributed by atoms with Gasteiger partial charge in [-0.15, -0.1) is 0 Å². The van der Waals surface area contributed by atoms with Crippen LogP contribution < -0.4 is 31.4 Å². The Morgan fingerprint density at radius 1 is 0.381 bits per heavy atom. The van der Waals surface area contributed by atoms with Gasteiger partial charge in [-0.05, 0) is 129 Å². The molecule has 1 unspecified atom stereocenters. The first-order chi connectivity index (χ1) is 40.4. The average Bonchev–Trinajstić information content (AvgIpc) is 1.63. The molecule has 6 N–H and O–H groups in total. The van der Waals surface area contributed by atoms with E-state index in [1.54, 1.807) is 93.6 Å². The van der Waals surface area contributed by atoms with Gasteiger partial charge in [0, 0.05) is 54.2 Å². The van der Waals surface area contributed by atoms with Crippen molar-refractivity contribution >= 4 is 35.2 Å². The Balaban J connectivity index is 0.000000140. The summed E-state index contributed by atoms with van der Waals surface area (Å²) in [6, 6.07) is 29.6. The monoisotopic (exact) mass is 1130 g/mol. The van der Waals surface area contributed by atoms with E-state index >= 15 is 0 Å². The maximum atomic E-state index is 14.0. The SMILES string of the molecule is COc1cccc(-c2cc(F)ccc2C2CC(=O)c3c(C)nc(N)nc3C2)n1.COc1cccc(-c2cc(F)ccc2[C@@H]2CC(=O)c3c(C)nc(N)nc3C2)n1.COc1cccc(-c2cc(F)ccc2[C@H]2CC(=O)c3c(C)nc(N)nc3C2)n1. The molecule has 3 aliphatic rings. The summed E-state index contributed by atoms with van der Waals surface area (Å²) in [7, 11) is 4.59. The molecule has 0 fully saturated rings. The fraction of sp³-hybridized carbons (Fsp3) is 0.238. The first-order valence-corrected chi connectivity index (χ1v) is 26.8. The number of anilines is 3. The zero-order valence-electron chi connectivity index (χ0n) is 46.7. The third-order valence-electron chi connectivity index (χ3n) is 15.0. The predicted octanol–water partition coefficient (Wildman–Crippen LogP) is 10.5. The molecule has 3 aromatic carbocycles. The number of rotatable bonds is 9. The van der Waals surface area contributed by atoms with Gasteiger partial charge in [-0.2, -0.15) is 0 Å². The van der Waals surface area contributed by atoms with Crippen LogP contribution >= 0.6 is 0 Å². The number of nitrogen functional groups attached to an aromatic ring is 3. The fourth-order valence-electron chi connectivity index (χ4n) is 11.4. The molecular formula is C63H57F3N12O6. The molecule has 6 heterocycles. The van der Waals surface area contributed by atoms with Crippen LogP contribution in [-0.4, -0.2) is 83.5 Å². The number of fused-ring (bicyclic) bond motifs is 3. The van der Waals surface area contributed by atoms with Crippen LogP contribution in [0.1, 0.15) is 119 Å². The minimum absolute atomic E-state index is 0.0300. The molecule has 0 aliphatic heterocycles. The first kappa shape index (κ1) is 57.2. The molecule has 84 heavy (non-hydrogen) atoms. The number of aromatic nitrogens is 9. The molecule has 12 rings (SSSR count). The van der Waals surface area contributed by atoms with Crippen molar-refractivity contribution in [3.63, 3.8) is 0 Å². The Labute approximate surface area is 481 Å². The number of hydrogen-bond donors (Lipinski definition) is 3. The van der Waals surface area contributed by atoms with Crippen LogP contribution in [0.4, 0.5) is 31.0 Å². The highest BCUT2D eigenvalue weighted by atomic mass is 19.1. The van der Waals surface area contributed by atoms with E-state index in [1.165, 1.54) is 57.7 Å². The van der Waals surface area contributed by atoms with Crippen LogP contribution in [0, 0.1) is 38.2 Å². The second kappa shape index (κ2) is 24.2. The molecule has 426 valence electrons. The van der Waals surface area contributed by atoms with Crippen LogP contribution in [-0.2, 0) is 19.3 Å². The van der Waals surface area contributed by atoms with Crippen molar-refractivity contribution in [1.29, 1.82) is 0 Å². The highest BCUT2D eigenvalue weighted by molar-refractivity contribution is 6.01. The van der Waals surface area contributed by atoms with E-state index in [9.17, 15) is 27.6 Å². The molecular weight excluding hydrogens is 1080 g/mol. The number of nitrogens with two attached hydrogens (primary N) is 3. The number of carbonyl (C=O) groups excluding carboxylic acids is 3. The topological polar surface area (TPSA) is 273 Å². The number of aryl methyl sites for hydroxylation is 3. The van der Waals surface area contributed by atoms with Gasteiger partial charge >= 0.3 is 0 Å². The molecule has 0 radical (unpaired) electrons. The van der Waals surface area contributed by atoms with E-state index in [0.29, 0.717) is 141 Å². The van der Waals surface area contributed by atoms with Gasteiger partial charge < -0.3 is 31.4 Å². The summed E-state index contributed by atoms with van der Waals surface area (Å²) in [5, 5.41) is 0. The number of carbonyl (C=O) groups is 3. The summed E-state index contributed by atoms with van der Waals surface area (Å²) in [6.45, 7) is 5.29. The summed E-state index contributed by atoms with van der Waals surface area (Å²) in [4.78, 5) is 76.8. The van der Waals surface area contributed by atoms with Gasteiger partial charge in [-0.25, -0.2) is 58.0 Å². The molecule has 6 aromatic heterocycles. The molecule has 0 amide bonds. The van der Waals surface area contributed by atoms with Gasteiger partial charge in [0.2, 0.25) is 35.5 Å². The maximum absolute atomic E-state index is 14.0. The van der Waals surface area contributed by atoms with Crippen LogP contribution in [0.3, 0.4) is 0 Å². The number of benzene rings is 3. The lowest BCUT2D eigenvalue weighted by Crippen LogP contribution is -2.23. The van der Waals surface area contributed by atoms with Crippen LogP contribution in [0.15, 0.2) is 109 Å². The number of methoxy groups -OCH3 is 3. The van der Waals surface area contributed by atoms with E-state index in [0.717, 1.165) is 16.7 Å². The molecule has 0 saturated heterocycles. The lowest BCUT2D eigenvalue weighted by atomic mass is 9.79. The van der Waals surface area contributed by atoms with Gasteiger partial charge in [0.1, 0.15) is 17.5 Å². The number of nitrogens with zero attached hydrogens (tertiary/aromatic N) is 9. The molecule has 9 aromatic rings. The first-order valence-electron chi connectivity index (χ1n) is 26.8. The van der Waals surface area contributed by atoms with E-state index in [-0.39, 0.29) is 70.4 Å². The Morgan fingerprint density at radius 2 is 0.655 bits per heavy atom. The van der Waals surface area contributed by atoms with Crippen molar-refractivity contribution in [1.82, 2.24) is 44.9 Å². The Hall–Kier alpha value is -10.1. The molecule has 3 aliphatic carbocycles. The molecule has 0 spiro atoms. The maximum Gasteiger partial charge on any atom is 0.220 e. The Bertz CT molecular complexity index is 3660. The van der Waals surface area contributed by atoms with Crippen LogP contribution in [0.5, 0.6) is 17.6 Å². The summed E-state index contributed by atoms with van der Waals surface area (Å²) >= 11 is 0. The van der Waals surface area contributed by atoms with Crippen molar-refractivity contribution in [2.75, 3.05) is 38.5 Å². The van der Waals surface area contributed by atoms with Gasteiger partial charge in [0.25, 0.3) is 0 Å². The molecule has 21 heteroatoms. The number of pyridine rings is 3. The Morgan fingerprint density at radius 3 is 0.917 bits per heavy atom. The van der Waals surface area contributed by atoms with Crippen LogP contribution in [0.2, 0.25) is 0 Å². The summed E-state index contributed by atoms with van der Waals surface area (Å²) in [5.41, 5.74) is 28.9. The van der Waals surface area contributed by atoms with Gasteiger partial charge in [-0.3, -0.25) is 14.4 Å². The predicted molar refractivity (Wildman–Crippen MR) is 308 cm³/mol.